The van der Waals surface area contributed by atoms with Gasteiger partial charge in [0.2, 0.25) is 0 Å². The van der Waals surface area contributed by atoms with Gasteiger partial charge in [0.05, 0.1) is 11.9 Å². The molecule has 0 bridgehead atoms. The van der Waals surface area contributed by atoms with Crippen LogP contribution in [0.25, 0.3) is 0 Å². The summed E-state index contributed by atoms with van der Waals surface area (Å²) in [5.41, 5.74) is 3.17. The highest BCUT2D eigenvalue weighted by Crippen LogP contribution is 2.27. The molecule has 15 heavy (non-hydrogen) atoms. The van der Waals surface area contributed by atoms with Crippen molar-refractivity contribution in [3.63, 3.8) is 0 Å². The number of nitrogens with zero attached hydrogens (tertiary/aromatic N) is 1. The molecule has 1 aliphatic carbocycles. The van der Waals surface area contributed by atoms with Gasteiger partial charge < -0.3 is 5.11 Å². The first-order valence-electron chi connectivity index (χ1n) is 5.36. The highest BCUT2D eigenvalue weighted by atomic mass is 16.3. The predicted octanol–water partition coefficient (Wildman–Crippen LogP) is 2.39. The number of rotatable bonds is 3. The number of benzene rings is 1. The molecule has 3 nitrogen and oxygen atoms in total. The molecule has 0 aliphatic heterocycles. The van der Waals surface area contributed by atoms with Crippen molar-refractivity contribution >= 4 is 11.9 Å². The lowest BCUT2D eigenvalue weighted by molar-refractivity contribution is 0.125. The Morgan fingerprint density at radius 2 is 1.87 bits per heavy atom. The normalized spacial score (nSPS) is 19.5. The molecular weight excluding hydrogens is 188 g/mol. The van der Waals surface area contributed by atoms with Gasteiger partial charge in [0.25, 0.3) is 0 Å². The largest absolute Gasteiger partial charge is 0.384 e. The minimum atomic E-state index is -0.679. The van der Waals surface area contributed by atoms with Crippen LogP contribution >= 0.6 is 0 Å². The second-order valence-electron chi connectivity index (χ2n) is 4.05. The lowest BCUT2D eigenvalue weighted by Crippen LogP contribution is -2.26. The molecule has 1 aromatic rings. The van der Waals surface area contributed by atoms with Gasteiger partial charge in [-0.25, -0.2) is 0 Å². The van der Waals surface area contributed by atoms with Crippen molar-refractivity contribution in [2.75, 3.05) is 5.43 Å². The van der Waals surface area contributed by atoms with Gasteiger partial charge in [0.1, 0.15) is 5.60 Å². The fraction of sp³-hybridized carbons (Fsp3) is 0.417. The van der Waals surface area contributed by atoms with Crippen molar-refractivity contribution < 1.29 is 5.11 Å². The summed E-state index contributed by atoms with van der Waals surface area (Å²) in [6, 6.07) is 9.73. The molecule has 0 saturated heterocycles. The van der Waals surface area contributed by atoms with Gasteiger partial charge in [-0.05, 0) is 25.0 Å². The standard InChI is InChI=1S/C12H16N2O/c15-12(8-4-5-9-12)10-13-14-11-6-2-1-3-7-11/h1-3,6-7,10,14-15H,4-5,8-9H2/b13-10+. The van der Waals surface area contributed by atoms with Crippen LogP contribution in [0.2, 0.25) is 0 Å². The summed E-state index contributed by atoms with van der Waals surface area (Å²) in [5, 5.41) is 14.1. The van der Waals surface area contributed by atoms with E-state index in [9.17, 15) is 5.11 Å². The second-order valence-corrected chi connectivity index (χ2v) is 4.05. The maximum Gasteiger partial charge on any atom is 0.101 e. The Balaban J connectivity index is 1.90. The number of aliphatic hydroxyl groups is 1. The summed E-state index contributed by atoms with van der Waals surface area (Å²) in [5.74, 6) is 0. The Labute approximate surface area is 89.8 Å². The Morgan fingerprint density at radius 3 is 2.53 bits per heavy atom. The van der Waals surface area contributed by atoms with Gasteiger partial charge >= 0.3 is 0 Å². The highest BCUT2D eigenvalue weighted by Gasteiger charge is 2.28. The summed E-state index contributed by atoms with van der Waals surface area (Å²) in [6.45, 7) is 0. The third-order valence-electron chi connectivity index (χ3n) is 2.74. The van der Waals surface area contributed by atoms with Gasteiger partial charge in [-0.1, -0.05) is 31.0 Å². The molecule has 0 atom stereocenters. The molecule has 2 N–H and O–H groups in total. The number of anilines is 1. The molecule has 1 aromatic carbocycles. The van der Waals surface area contributed by atoms with Crippen LogP contribution in [0.15, 0.2) is 35.4 Å². The number of hydrogen-bond donors (Lipinski definition) is 2. The van der Waals surface area contributed by atoms with E-state index in [4.69, 9.17) is 0 Å². The summed E-state index contributed by atoms with van der Waals surface area (Å²) in [7, 11) is 0. The van der Waals surface area contributed by atoms with E-state index in [-0.39, 0.29) is 0 Å². The SMILES string of the molecule is OC1(/C=N/Nc2ccccc2)CCCC1. The first-order valence-corrected chi connectivity index (χ1v) is 5.36. The molecule has 0 heterocycles. The Morgan fingerprint density at radius 1 is 1.20 bits per heavy atom. The average Bonchev–Trinajstić information content (AvgIpc) is 2.67. The third kappa shape index (κ3) is 2.80. The van der Waals surface area contributed by atoms with Crippen molar-refractivity contribution in [1.29, 1.82) is 0 Å². The monoisotopic (exact) mass is 204 g/mol. The van der Waals surface area contributed by atoms with E-state index in [0.29, 0.717) is 0 Å². The van der Waals surface area contributed by atoms with Crippen molar-refractivity contribution in [2.24, 2.45) is 5.10 Å². The Bertz CT molecular complexity index is 329. The fourth-order valence-corrected chi connectivity index (χ4v) is 1.86. The van der Waals surface area contributed by atoms with E-state index < -0.39 is 5.60 Å². The Kier molecular flexibility index (Phi) is 3.02. The Hall–Kier alpha value is -1.35. The molecule has 0 aromatic heterocycles. The second kappa shape index (κ2) is 4.45. The van der Waals surface area contributed by atoms with Crippen LogP contribution in [0.4, 0.5) is 5.69 Å². The average molecular weight is 204 g/mol. The summed E-state index contributed by atoms with van der Waals surface area (Å²) < 4.78 is 0. The van der Waals surface area contributed by atoms with Crippen LogP contribution in [0.1, 0.15) is 25.7 Å². The molecule has 0 radical (unpaired) electrons. The first kappa shape index (κ1) is 10.2. The predicted molar refractivity (Wildman–Crippen MR) is 62.0 cm³/mol. The molecule has 0 amide bonds. The van der Waals surface area contributed by atoms with E-state index in [2.05, 4.69) is 10.5 Å². The zero-order valence-corrected chi connectivity index (χ0v) is 8.69. The molecule has 0 spiro atoms. The zero-order chi connectivity index (χ0) is 10.6. The molecule has 3 heteroatoms. The van der Waals surface area contributed by atoms with Crippen LogP contribution in [0, 0.1) is 0 Å². The molecule has 1 aliphatic rings. The van der Waals surface area contributed by atoms with Crippen molar-refractivity contribution in [1.82, 2.24) is 0 Å². The van der Waals surface area contributed by atoms with Crippen LogP contribution in [0.3, 0.4) is 0 Å². The topological polar surface area (TPSA) is 44.6 Å². The van der Waals surface area contributed by atoms with Crippen LogP contribution < -0.4 is 5.43 Å². The van der Waals surface area contributed by atoms with Crippen LogP contribution in [-0.2, 0) is 0 Å². The van der Waals surface area contributed by atoms with Gasteiger partial charge in [-0.15, -0.1) is 0 Å². The summed E-state index contributed by atoms with van der Waals surface area (Å²) in [6.07, 6.45) is 5.47. The summed E-state index contributed by atoms with van der Waals surface area (Å²) in [4.78, 5) is 0. The van der Waals surface area contributed by atoms with Gasteiger partial charge in [0, 0.05) is 0 Å². The van der Waals surface area contributed by atoms with Crippen molar-refractivity contribution in [2.45, 2.75) is 31.3 Å². The maximum absolute atomic E-state index is 9.98. The summed E-state index contributed by atoms with van der Waals surface area (Å²) >= 11 is 0. The lowest BCUT2D eigenvalue weighted by Gasteiger charge is -2.15. The molecular formula is C12H16N2O. The van der Waals surface area contributed by atoms with E-state index >= 15 is 0 Å². The first-order chi connectivity index (χ1) is 7.29. The van der Waals surface area contributed by atoms with Crippen LogP contribution in [0.5, 0.6) is 0 Å². The maximum atomic E-state index is 9.98. The third-order valence-corrected chi connectivity index (χ3v) is 2.74. The van der Waals surface area contributed by atoms with E-state index in [1.807, 2.05) is 30.3 Å². The lowest BCUT2D eigenvalue weighted by atomic mass is 10.1. The van der Waals surface area contributed by atoms with E-state index in [1.54, 1.807) is 6.21 Å². The van der Waals surface area contributed by atoms with Gasteiger partial charge in [-0.3, -0.25) is 5.43 Å². The quantitative estimate of drug-likeness (QED) is 0.586. The minimum absolute atomic E-state index is 0.679. The van der Waals surface area contributed by atoms with Crippen molar-refractivity contribution in [3.8, 4) is 0 Å². The highest BCUT2D eigenvalue weighted by molar-refractivity contribution is 5.69. The smallest absolute Gasteiger partial charge is 0.101 e. The number of hydrazone groups is 1. The zero-order valence-electron chi connectivity index (χ0n) is 8.69. The molecule has 0 unspecified atom stereocenters. The van der Waals surface area contributed by atoms with E-state index in [1.165, 1.54) is 0 Å². The molecule has 2 rings (SSSR count). The fourth-order valence-electron chi connectivity index (χ4n) is 1.86. The number of nitrogens with one attached hydrogen (secondary N) is 1. The molecule has 1 fully saturated rings. The minimum Gasteiger partial charge on any atom is -0.384 e. The number of hydrogen-bond acceptors (Lipinski definition) is 3. The molecule has 80 valence electrons. The van der Waals surface area contributed by atoms with E-state index in [0.717, 1.165) is 31.4 Å². The van der Waals surface area contributed by atoms with Crippen LogP contribution in [-0.4, -0.2) is 16.9 Å². The molecule has 1 saturated carbocycles. The van der Waals surface area contributed by atoms with Gasteiger partial charge in [-0.2, -0.15) is 5.10 Å². The van der Waals surface area contributed by atoms with Gasteiger partial charge in [0.15, 0.2) is 0 Å². The number of para-hydroxylation sites is 1. The van der Waals surface area contributed by atoms with Crippen molar-refractivity contribution in [3.05, 3.63) is 30.3 Å².